The maximum Gasteiger partial charge on any atom is 0.265 e. The zero-order valence-electron chi connectivity index (χ0n) is 21.2. The van der Waals surface area contributed by atoms with E-state index in [0.717, 1.165) is 5.56 Å². The quantitative estimate of drug-likeness (QED) is 0.219. The summed E-state index contributed by atoms with van der Waals surface area (Å²) in [5.74, 6) is -0.417. The fourth-order valence-electron chi connectivity index (χ4n) is 3.89. The number of hydrazine groups is 1. The standard InChI is InChI=1S/C28H30FN3O6S/c29-23-11-7-21(8-12-23)19-30-32-27(34)28(15-18-39(35,36)25-5-2-1-3-6-25)20-38-26(31-28)22-9-13-24(14-10-22)37-17-4-16-33/h1-3,5-14,30,33H,4,15-20H2,(H,32,34)/t28-/m0/s1. The molecular weight excluding hydrogens is 525 g/mol. The van der Waals surface area contributed by atoms with E-state index in [2.05, 4.69) is 15.8 Å². The summed E-state index contributed by atoms with van der Waals surface area (Å²) in [6.07, 6.45) is 0.399. The number of ether oxygens (including phenoxy) is 2. The van der Waals surface area contributed by atoms with E-state index in [-0.39, 0.29) is 48.5 Å². The van der Waals surface area contributed by atoms with Gasteiger partial charge in [0.15, 0.2) is 15.4 Å². The van der Waals surface area contributed by atoms with Crippen molar-refractivity contribution in [3.05, 3.63) is 95.8 Å². The van der Waals surface area contributed by atoms with Crippen LogP contribution in [0.5, 0.6) is 5.75 Å². The zero-order chi connectivity index (χ0) is 27.7. The molecule has 3 aromatic rings. The molecule has 1 heterocycles. The molecule has 0 spiro atoms. The highest BCUT2D eigenvalue weighted by Gasteiger charge is 2.45. The van der Waals surface area contributed by atoms with Gasteiger partial charge in [0.05, 0.1) is 17.3 Å². The van der Waals surface area contributed by atoms with Crippen molar-refractivity contribution in [2.24, 2.45) is 4.99 Å². The average Bonchev–Trinajstić information content (AvgIpc) is 3.40. The highest BCUT2D eigenvalue weighted by molar-refractivity contribution is 7.91. The highest BCUT2D eigenvalue weighted by atomic mass is 32.2. The van der Waals surface area contributed by atoms with Gasteiger partial charge in [-0.15, -0.1) is 0 Å². The van der Waals surface area contributed by atoms with E-state index in [4.69, 9.17) is 14.6 Å². The number of hydrogen-bond donors (Lipinski definition) is 3. The first kappa shape index (κ1) is 28.2. The van der Waals surface area contributed by atoms with Gasteiger partial charge >= 0.3 is 0 Å². The molecule has 9 nitrogen and oxygen atoms in total. The van der Waals surface area contributed by atoms with E-state index in [1.54, 1.807) is 54.6 Å². The number of rotatable bonds is 13. The minimum absolute atomic E-state index is 0.0334. The summed E-state index contributed by atoms with van der Waals surface area (Å²) in [5, 5.41) is 8.91. The molecule has 0 aromatic heterocycles. The van der Waals surface area contributed by atoms with Crippen LogP contribution >= 0.6 is 0 Å². The monoisotopic (exact) mass is 555 g/mol. The molecule has 3 N–H and O–H groups in total. The van der Waals surface area contributed by atoms with Crippen molar-refractivity contribution in [1.29, 1.82) is 0 Å². The van der Waals surface area contributed by atoms with Gasteiger partial charge in [-0.3, -0.25) is 10.2 Å². The smallest absolute Gasteiger partial charge is 0.265 e. The first-order chi connectivity index (χ1) is 18.8. The zero-order valence-corrected chi connectivity index (χ0v) is 22.0. The lowest BCUT2D eigenvalue weighted by molar-refractivity contribution is -0.127. The summed E-state index contributed by atoms with van der Waals surface area (Å²) in [7, 11) is -3.68. The van der Waals surface area contributed by atoms with Crippen LogP contribution < -0.4 is 15.6 Å². The third-order valence-corrected chi connectivity index (χ3v) is 7.88. The molecule has 0 saturated heterocycles. The van der Waals surface area contributed by atoms with Crippen LogP contribution in [0.25, 0.3) is 0 Å². The van der Waals surface area contributed by atoms with Crippen LogP contribution in [0.1, 0.15) is 24.0 Å². The van der Waals surface area contributed by atoms with Gasteiger partial charge in [-0.05, 0) is 60.5 Å². The number of hydrogen-bond acceptors (Lipinski definition) is 8. The molecule has 0 bridgehead atoms. The third kappa shape index (κ3) is 7.41. The number of amides is 1. The number of aliphatic hydroxyl groups excluding tert-OH is 1. The Kier molecular flexibility index (Phi) is 9.28. The molecule has 0 radical (unpaired) electrons. The minimum atomic E-state index is -3.68. The molecule has 0 fully saturated rings. The Morgan fingerprint density at radius 1 is 1.05 bits per heavy atom. The lowest BCUT2D eigenvalue weighted by atomic mass is 9.98. The van der Waals surface area contributed by atoms with Crippen molar-refractivity contribution in [2.75, 3.05) is 25.6 Å². The molecule has 3 aromatic carbocycles. The minimum Gasteiger partial charge on any atom is -0.494 e. The first-order valence-corrected chi connectivity index (χ1v) is 14.1. The molecule has 0 aliphatic carbocycles. The number of halogens is 1. The van der Waals surface area contributed by atoms with Crippen molar-refractivity contribution in [2.45, 2.75) is 29.8 Å². The van der Waals surface area contributed by atoms with Gasteiger partial charge in [-0.1, -0.05) is 30.3 Å². The number of nitrogens with zero attached hydrogens (tertiary/aromatic N) is 1. The van der Waals surface area contributed by atoms with Gasteiger partial charge in [0.2, 0.25) is 5.90 Å². The summed E-state index contributed by atoms with van der Waals surface area (Å²) >= 11 is 0. The van der Waals surface area contributed by atoms with E-state index < -0.39 is 21.3 Å². The molecule has 4 rings (SSSR count). The largest absolute Gasteiger partial charge is 0.494 e. The molecule has 206 valence electrons. The van der Waals surface area contributed by atoms with Gasteiger partial charge in [0.25, 0.3) is 5.91 Å². The van der Waals surface area contributed by atoms with E-state index in [0.29, 0.717) is 24.3 Å². The Labute approximate surface area is 226 Å². The Morgan fingerprint density at radius 3 is 2.46 bits per heavy atom. The van der Waals surface area contributed by atoms with Gasteiger partial charge in [-0.2, -0.15) is 0 Å². The molecule has 1 aliphatic rings. The summed E-state index contributed by atoms with van der Waals surface area (Å²) in [6, 6.07) is 20.7. The average molecular weight is 556 g/mol. The molecule has 11 heteroatoms. The summed E-state index contributed by atoms with van der Waals surface area (Å²) in [5.41, 5.74) is 5.26. The molecule has 0 saturated carbocycles. The van der Waals surface area contributed by atoms with Crippen molar-refractivity contribution in [3.8, 4) is 5.75 Å². The predicted molar refractivity (Wildman–Crippen MR) is 143 cm³/mol. The number of carbonyl (C=O) groups is 1. The second-order valence-electron chi connectivity index (χ2n) is 9.00. The van der Waals surface area contributed by atoms with Crippen LogP contribution in [0.3, 0.4) is 0 Å². The second-order valence-corrected chi connectivity index (χ2v) is 11.1. The Hall–Kier alpha value is -3.80. The number of nitrogens with one attached hydrogen (secondary N) is 2. The van der Waals surface area contributed by atoms with Gasteiger partial charge in [0.1, 0.15) is 18.2 Å². The lowest BCUT2D eigenvalue weighted by Crippen LogP contribution is -2.52. The first-order valence-electron chi connectivity index (χ1n) is 12.4. The summed E-state index contributed by atoms with van der Waals surface area (Å²) in [6.45, 7) is 0.480. The van der Waals surface area contributed by atoms with Crippen LogP contribution in [0.4, 0.5) is 4.39 Å². The molecular formula is C28H30FN3O6S. The summed E-state index contributed by atoms with van der Waals surface area (Å²) in [4.78, 5) is 18.1. The van der Waals surface area contributed by atoms with Gasteiger partial charge in [-0.25, -0.2) is 23.2 Å². The predicted octanol–water partition coefficient (Wildman–Crippen LogP) is 2.79. The van der Waals surface area contributed by atoms with Crippen molar-refractivity contribution >= 4 is 21.6 Å². The summed E-state index contributed by atoms with van der Waals surface area (Å²) < 4.78 is 50.5. The maximum absolute atomic E-state index is 13.4. The van der Waals surface area contributed by atoms with Crippen LogP contribution in [-0.2, 0) is 25.9 Å². The molecule has 1 amide bonds. The van der Waals surface area contributed by atoms with E-state index in [9.17, 15) is 17.6 Å². The van der Waals surface area contributed by atoms with Crippen molar-refractivity contribution < 1.29 is 32.2 Å². The number of aliphatic imine (C=N–C) groups is 1. The van der Waals surface area contributed by atoms with Gasteiger partial charge < -0.3 is 14.6 Å². The molecule has 39 heavy (non-hydrogen) atoms. The van der Waals surface area contributed by atoms with E-state index in [1.807, 2.05) is 0 Å². The number of benzene rings is 3. The second kappa shape index (κ2) is 12.8. The fraction of sp³-hybridized carbons (Fsp3) is 0.286. The van der Waals surface area contributed by atoms with Crippen LogP contribution in [0.2, 0.25) is 0 Å². The van der Waals surface area contributed by atoms with Crippen molar-refractivity contribution in [1.82, 2.24) is 10.9 Å². The normalized spacial score (nSPS) is 16.8. The Morgan fingerprint density at radius 2 is 1.77 bits per heavy atom. The third-order valence-electron chi connectivity index (χ3n) is 6.15. The highest BCUT2D eigenvalue weighted by Crippen LogP contribution is 2.28. The number of carbonyl (C=O) groups excluding carboxylic acids is 1. The van der Waals surface area contributed by atoms with Crippen LogP contribution in [0, 0.1) is 5.82 Å². The number of sulfone groups is 1. The molecule has 0 unspecified atom stereocenters. The lowest BCUT2D eigenvalue weighted by Gasteiger charge is -2.23. The van der Waals surface area contributed by atoms with Crippen LogP contribution in [0.15, 0.2) is 88.8 Å². The fourth-order valence-corrected chi connectivity index (χ4v) is 5.31. The topological polar surface area (TPSA) is 126 Å². The number of aliphatic hydroxyl groups is 1. The van der Waals surface area contributed by atoms with E-state index in [1.165, 1.54) is 24.3 Å². The van der Waals surface area contributed by atoms with Crippen molar-refractivity contribution in [3.63, 3.8) is 0 Å². The maximum atomic E-state index is 13.4. The Bertz CT molecular complexity index is 1380. The van der Waals surface area contributed by atoms with E-state index >= 15 is 0 Å². The molecule has 1 atom stereocenters. The van der Waals surface area contributed by atoms with Crippen LogP contribution in [-0.4, -0.2) is 56.4 Å². The SMILES string of the molecule is O=C(NNCc1ccc(F)cc1)[C@]1(CCS(=O)(=O)c2ccccc2)COC(c2ccc(OCCCO)cc2)=N1. The molecule has 1 aliphatic heterocycles. The van der Waals surface area contributed by atoms with Gasteiger partial charge in [0, 0.05) is 25.1 Å². The Balaban J connectivity index is 1.51.